The average Bonchev–Trinajstić information content (AvgIpc) is 2.67. The highest BCUT2D eigenvalue weighted by Gasteiger charge is 2.04. The van der Waals surface area contributed by atoms with Crippen LogP contribution in [0.3, 0.4) is 0 Å². The van der Waals surface area contributed by atoms with Gasteiger partial charge in [0, 0.05) is 11.1 Å². The molecule has 2 nitrogen and oxygen atoms in total. The summed E-state index contributed by atoms with van der Waals surface area (Å²) in [5.41, 5.74) is 3.57. The zero-order chi connectivity index (χ0) is 17.5. The van der Waals surface area contributed by atoms with Crippen LogP contribution < -0.4 is 5.32 Å². The maximum Gasteiger partial charge on any atom is 0.252 e. The van der Waals surface area contributed by atoms with Crippen LogP contribution in [0.1, 0.15) is 15.9 Å². The number of nitrogens with one attached hydrogen (secondary N) is 1. The Balaban J connectivity index is 1.60. The molecule has 0 bridgehead atoms. The van der Waals surface area contributed by atoms with Crippen LogP contribution in [-0.4, -0.2) is 12.5 Å². The molecule has 0 aliphatic heterocycles. The molecule has 0 unspecified atom stereocenters. The normalized spacial score (nSPS) is 9.80. The lowest BCUT2D eigenvalue weighted by Crippen LogP contribution is -2.23. The number of carbonyl (C=O) groups is 1. The largest absolute Gasteiger partial charge is 0.341 e. The van der Waals surface area contributed by atoms with E-state index < -0.39 is 0 Å². The Morgan fingerprint density at radius 1 is 0.840 bits per heavy atom. The van der Waals surface area contributed by atoms with E-state index in [1.807, 2.05) is 72.8 Å². The molecule has 0 saturated carbocycles. The maximum atomic E-state index is 12.2. The fourth-order valence-electron chi connectivity index (χ4n) is 2.37. The number of hydrogen-bond acceptors (Lipinski definition) is 1. The topological polar surface area (TPSA) is 29.1 Å². The van der Waals surface area contributed by atoms with Gasteiger partial charge in [0.1, 0.15) is 0 Å². The minimum absolute atomic E-state index is 0.145. The van der Waals surface area contributed by atoms with E-state index in [9.17, 15) is 4.79 Å². The van der Waals surface area contributed by atoms with Crippen molar-refractivity contribution < 1.29 is 4.79 Å². The lowest BCUT2D eigenvalue weighted by molar-refractivity contribution is 0.0958. The summed E-state index contributed by atoms with van der Waals surface area (Å²) >= 11 is 6.04. The van der Waals surface area contributed by atoms with Gasteiger partial charge in [0.2, 0.25) is 0 Å². The summed E-state index contributed by atoms with van der Waals surface area (Å²) in [6.45, 7) is 0.268. The third-order valence-electron chi connectivity index (χ3n) is 3.69. The van der Waals surface area contributed by atoms with Crippen molar-refractivity contribution >= 4 is 17.5 Å². The quantitative estimate of drug-likeness (QED) is 0.679. The summed E-state index contributed by atoms with van der Waals surface area (Å²) in [4.78, 5) is 12.2. The van der Waals surface area contributed by atoms with Crippen LogP contribution in [0.15, 0.2) is 78.9 Å². The van der Waals surface area contributed by atoms with Crippen molar-refractivity contribution in [2.45, 2.75) is 0 Å². The van der Waals surface area contributed by atoms with Crippen LogP contribution in [0, 0.1) is 11.8 Å². The molecule has 0 aromatic heterocycles. The van der Waals surface area contributed by atoms with Crippen molar-refractivity contribution in [3.05, 3.63) is 95.0 Å². The number of benzene rings is 3. The van der Waals surface area contributed by atoms with E-state index in [0.29, 0.717) is 10.6 Å². The Bertz CT molecular complexity index is 921. The van der Waals surface area contributed by atoms with Crippen molar-refractivity contribution in [3.8, 4) is 23.0 Å². The van der Waals surface area contributed by atoms with Gasteiger partial charge >= 0.3 is 0 Å². The molecule has 3 rings (SSSR count). The Morgan fingerprint density at radius 2 is 1.48 bits per heavy atom. The van der Waals surface area contributed by atoms with Gasteiger partial charge in [-0.15, -0.1) is 0 Å². The van der Waals surface area contributed by atoms with E-state index in [1.54, 1.807) is 6.07 Å². The minimum atomic E-state index is -0.145. The van der Waals surface area contributed by atoms with E-state index in [2.05, 4.69) is 17.2 Å². The number of rotatable bonds is 3. The first-order valence-electron chi connectivity index (χ1n) is 7.91. The molecule has 1 N–H and O–H groups in total. The van der Waals surface area contributed by atoms with Crippen LogP contribution in [0.2, 0.25) is 5.02 Å². The van der Waals surface area contributed by atoms with E-state index in [4.69, 9.17) is 11.6 Å². The number of amides is 1. The summed E-state index contributed by atoms with van der Waals surface area (Å²) < 4.78 is 0. The summed E-state index contributed by atoms with van der Waals surface area (Å²) in [5, 5.41) is 3.40. The molecule has 0 aliphatic rings. The number of hydrogen-bond donors (Lipinski definition) is 1. The van der Waals surface area contributed by atoms with Gasteiger partial charge in [-0.05, 0) is 35.4 Å². The zero-order valence-electron chi connectivity index (χ0n) is 13.5. The SMILES string of the molecule is O=C(NCC#Cc1ccccc1Cl)c1ccc(-c2ccccc2)cc1. The summed E-state index contributed by atoms with van der Waals surface area (Å²) in [6.07, 6.45) is 0. The standard InChI is InChI=1S/C22H16ClNO/c23-21-11-5-4-9-19(21)10-6-16-24-22(25)20-14-12-18(13-15-20)17-7-2-1-3-8-17/h1-5,7-9,11-15H,16H2,(H,24,25). The van der Waals surface area contributed by atoms with Crippen LogP contribution >= 0.6 is 11.6 Å². The third kappa shape index (κ3) is 4.50. The van der Waals surface area contributed by atoms with E-state index in [-0.39, 0.29) is 12.5 Å². The molecule has 3 aromatic rings. The van der Waals surface area contributed by atoms with Crippen LogP contribution in [0.25, 0.3) is 11.1 Å². The van der Waals surface area contributed by atoms with Gasteiger partial charge in [-0.2, -0.15) is 0 Å². The van der Waals surface area contributed by atoms with Crippen LogP contribution in [0.4, 0.5) is 0 Å². The molecule has 0 atom stereocenters. The Hall–Kier alpha value is -3.02. The molecular weight excluding hydrogens is 330 g/mol. The summed E-state index contributed by atoms with van der Waals surface area (Å²) in [7, 11) is 0. The van der Waals surface area contributed by atoms with Gasteiger partial charge in [-0.25, -0.2) is 0 Å². The molecule has 25 heavy (non-hydrogen) atoms. The van der Waals surface area contributed by atoms with Gasteiger partial charge < -0.3 is 5.32 Å². The van der Waals surface area contributed by atoms with Gasteiger partial charge in [-0.3, -0.25) is 4.79 Å². The lowest BCUT2D eigenvalue weighted by atomic mass is 10.0. The smallest absolute Gasteiger partial charge is 0.252 e. The van der Waals surface area contributed by atoms with E-state index >= 15 is 0 Å². The zero-order valence-corrected chi connectivity index (χ0v) is 14.3. The fraction of sp³-hybridized carbons (Fsp3) is 0.0455. The Kier molecular flexibility index (Phi) is 5.51. The molecule has 0 saturated heterocycles. The van der Waals surface area contributed by atoms with Crippen molar-refractivity contribution in [2.75, 3.05) is 6.54 Å². The molecule has 0 heterocycles. The number of halogens is 1. The molecule has 3 aromatic carbocycles. The first-order valence-corrected chi connectivity index (χ1v) is 8.29. The highest BCUT2D eigenvalue weighted by molar-refractivity contribution is 6.31. The van der Waals surface area contributed by atoms with E-state index in [1.165, 1.54) is 0 Å². The molecular formula is C22H16ClNO. The van der Waals surface area contributed by atoms with Gasteiger partial charge in [0.15, 0.2) is 0 Å². The number of carbonyl (C=O) groups excluding carboxylic acids is 1. The maximum absolute atomic E-state index is 12.2. The highest BCUT2D eigenvalue weighted by Crippen LogP contribution is 2.19. The molecule has 122 valence electrons. The average molecular weight is 346 g/mol. The Morgan fingerprint density at radius 3 is 2.20 bits per heavy atom. The molecule has 1 amide bonds. The van der Waals surface area contributed by atoms with Crippen molar-refractivity contribution in [2.24, 2.45) is 0 Å². The Labute approximate surface area is 152 Å². The van der Waals surface area contributed by atoms with Crippen molar-refractivity contribution in [1.29, 1.82) is 0 Å². The predicted molar refractivity (Wildman–Crippen MR) is 103 cm³/mol. The molecule has 0 fully saturated rings. The van der Waals surface area contributed by atoms with Crippen molar-refractivity contribution in [1.82, 2.24) is 5.32 Å². The minimum Gasteiger partial charge on any atom is -0.341 e. The second-order valence-corrected chi connectivity index (χ2v) is 5.81. The molecule has 0 aliphatic carbocycles. The van der Waals surface area contributed by atoms with Gasteiger partial charge in [0.25, 0.3) is 5.91 Å². The second kappa shape index (κ2) is 8.19. The summed E-state index contributed by atoms with van der Waals surface area (Å²) in [5.74, 6) is 5.72. The fourth-order valence-corrected chi connectivity index (χ4v) is 2.56. The van der Waals surface area contributed by atoms with Crippen LogP contribution in [-0.2, 0) is 0 Å². The predicted octanol–water partition coefficient (Wildman–Crippen LogP) is 4.79. The van der Waals surface area contributed by atoms with Gasteiger partial charge in [-0.1, -0.05) is 78.0 Å². The first-order chi connectivity index (χ1) is 12.2. The first kappa shape index (κ1) is 16.8. The molecule has 0 radical (unpaired) electrons. The van der Waals surface area contributed by atoms with E-state index in [0.717, 1.165) is 16.7 Å². The molecule has 0 spiro atoms. The van der Waals surface area contributed by atoms with Crippen LogP contribution in [0.5, 0.6) is 0 Å². The monoisotopic (exact) mass is 345 g/mol. The molecule has 3 heteroatoms. The highest BCUT2D eigenvalue weighted by atomic mass is 35.5. The second-order valence-electron chi connectivity index (χ2n) is 5.41. The van der Waals surface area contributed by atoms with Crippen molar-refractivity contribution in [3.63, 3.8) is 0 Å². The lowest BCUT2D eigenvalue weighted by Gasteiger charge is -2.04. The summed E-state index contributed by atoms with van der Waals surface area (Å²) in [6, 6.07) is 24.9. The third-order valence-corrected chi connectivity index (χ3v) is 4.02. The van der Waals surface area contributed by atoms with Gasteiger partial charge in [0.05, 0.1) is 11.6 Å².